The topological polar surface area (TPSA) is 66.9 Å². The molecular formula is C21H22F4N2O4S. The zero-order chi connectivity index (χ0) is 23.5. The number of hydrogen-bond acceptors (Lipinski definition) is 4. The van der Waals surface area contributed by atoms with E-state index in [1.54, 1.807) is 0 Å². The fraction of sp³-hybridized carbons (Fsp3) is 0.381. The van der Waals surface area contributed by atoms with Crippen LogP contribution in [0, 0.1) is 5.82 Å². The second-order valence-electron chi connectivity index (χ2n) is 7.37. The van der Waals surface area contributed by atoms with Crippen LogP contribution in [0.2, 0.25) is 0 Å². The first-order valence-corrected chi connectivity index (χ1v) is 11.2. The van der Waals surface area contributed by atoms with Gasteiger partial charge in [-0.05, 0) is 55.3 Å². The molecule has 0 saturated carbocycles. The second-order valence-corrected chi connectivity index (χ2v) is 9.31. The van der Waals surface area contributed by atoms with E-state index in [0.29, 0.717) is 24.6 Å². The SMILES string of the molecule is CN(C(=O)COC1CCN(S(=O)(=O)c2cccc(C(F)(F)F)c2)CC1)c1ccc(F)cc1. The van der Waals surface area contributed by atoms with Crippen LogP contribution in [0.3, 0.4) is 0 Å². The van der Waals surface area contributed by atoms with Crippen LogP contribution in [0.25, 0.3) is 0 Å². The number of benzene rings is 2. The average Bonchev–Trinajstić information content (AvgIpc) is 2.77. The van der Waals surface area contributed by atoms with Crippen LogP contribution in [0.5, 0.6) is 0 Å². The molecule has 0 spiro atoms. The summed E-state index contributed by atoms with van der Waals surface area (Å²) in [6, 6.07) is 9.04. The van der Waals surface area contributed by atoms with Gasteiger partial charge in [0.1, 0.15) is 12.4 Å². The Labute approximate surface area is 183 Å². The van der Waals surface area contributed by atoms with Crippen molar-refractivity contribution in [2.75, 3.05) is 31.6 Å². The average molecular weight is 474 g/mol. The molecule has 0 atom stereocenters. The molecule has 2 aromatic carbocycles. The Morgan fingerprint density at radius 2 is 1.75 bits per heavy atom. The molecular weight excluding hydrogens is 452 g/mol. The van der Waals surface area contributed by atoms with Crippen molar-refractivity contribution in [3.8, 4) is 0 Å². The minimum atomic E-state index is -4.64. The molecule has 32 heavy (non-hydrogen) atoms. The zero-order valence-electron chi connectivity index (χ0n) is 17.2. The van der Waals surface area contributed by atoms with Gasteiger partial charge in [0.05, 0.1) is 16.6 Å². The van der Waals surface area contributed by atoms with Gasteiger partial charge in [-0.2, -0.15) is 17.5 Å². The molecule has 0 aliphatic carbocycles. The van der Waals surface area contributed by atoms with Crippen LogP contribution < -0.4 is 4.90 Å². The molecule has 1 aliphatic heterocycles. The highest BCUT2D eigenvalue weighted by atomic mass is 32.2. The summed E-state index contributed by atoms with van der Waals surface area (Å²) >= 11 is 0. The summed E-state index contributed by atoms with van der Waals surface area (Å²) < 4.78 is 83.9. The smallest absolute Gasteiger partial charge is 0.368 e. The molecule has 6 nitrogen and oxygen atoms in total. The number of alkyl halides is 3. The largest absolute Gasteiger partial charge is 0.416 e. The monoisotopic (exact) mass is 474 g/mol. The molecule has 1 amide bonds. The molecule has 2 aromatic rings. The number of nitrogens with zero attached hydrogens (tertiary/aromatic N) is 2. The first-order chi connectivity index (χ1) is 15.0. The van der Waals surface area contributed by atoms with Crippen LogP contribution in [0.1, 0.15) is 18.4 Å². The third-order valence-corrected chi connectivity index (χ3v) is 7.13. The molecule has 0 radical (unpaired) electrons. The van der Waals surface area contributed by atoms with E-state index in [2.05, 4.69) is 0 Å². The molecule has 1 heterocycles. The molecule has 174 valence electrons. The molecule has 1 aliphatic rings. The summed E-state index contributed by atoms with van der Waals surface area (Å²) in [5, 5.41) is 0. The van der Waals surface area contributed by atoms with Crippen molar-refractivity contribution >= 4 is 21.6 Å². The van der Waals surface area contributed by atoms with Crippen molar-refractivity contribution in [1.29, 1.82) is 0 Å². The molecule has 0 unspecified atom stereocenters. The Hall–Kier alpha value is -2.50. The summed E-state index contributed by atoms with van der Waals surface area (Å²) in [5.41, 5.74) is -0.525. The van der Waals surface area contributed by atoms with Crippen molar-refractivity contribution in [3.63, 3.8) is 0 Å². The van der Waals surface area contributed by atoms with E-state index in [1.165, 1.54) is 36.2 Å². The Kier molecular flexibility index (Phi) is 7.21. The fourth-order valence-electron chi connectivity index (χ4n) is 3.32. The Morgan fingerprint density at radius 3 is 2.34 bits per heavy atom. The second kappa shape index (κ2) is 9.55. The van der Waals surface area contributed by atoms with Crippen molar-refractivity contribution in [2.45, 2.75) is 30.0 Å². The summed E-state index contributed by atoms with van der Waals surface area (Å²) in [6.45, 7) is -0.116. The minimum Gasteiger partial charge on any atom is -0.368 e. The fourth-order valence-corrected chi connectivity index (χ4v) is 4.83. The lowest BCUT2D eigenvalue weighted by Gasteiger charge is -2.31. The quantitative estimate of drug-likeness (QED) is 0.600. The van der Waals surface area contributed by atoms with Crippen molar-refractivity contribution in [3.05, 3.63) is 59.9 Å². The number of carbonyl (C=O) groups is 1. The van der Waals surface area contributed by atoms with Crippen LogP contribution in [0.4, 0.5) is 23.2 Å². The first kappa shape index (κ1) is 24.1. The molecule has 0 bridgehead atoms. The molecule has 3 rings (SSSR count). The highest BCUT2D eigenvalue weighted by Crippen LogP contribution is 2.31. The standard InChI is InChI=1S/C21H22F4N2O4S/c1-26(17-7-5-16(22)6-8-17)20(28)14-31-18-9-11-27(12-10-18)32(29,30)19-4-2-3-15(13-19)21(23,24)25/h2-8,13,18H,9-12,14H2,1H3. The van der Waals surface area contributed by atoms with Crippen molar-refractivity contribution in [2.24, 2.45) is 0 Å². The Morgan fingerprint density at radius 1 is 1.12 bits per heavy atom. The molecule has 0 aromatic heterocycles. The zero-order valence-corrected chi connectivity index (χ0v) is 18.0. The Balaban J connectivity index is 1.54. The number of rotatable bonds is 6. The molecule has 0 N–H and O–H groups in total. The third kappa shape index (κ3) is 5.64. The number of likely N-dealkylation sites (N-methyl/N-ethyl adjacent to an activating group) is 1. The van der Waals surface area contributed by atoms with Crippen LogP contribution in [-0.4, -0.2) is 51.5 Å². The highest BCUT2D eigenvalue weighted by Gasteiger charge is 2.34. The number of piperidine rings is 1. The van der Waals surface area contributed by atoms with E-state index >= 15 is 0 Å². The van der Waals surface area contributed by atoms with Gasteiger partial charge in [0.15, 0.2) is 0 Å². The summed E-state index contributed by atoms with van der Waals surface area (Å²) in [7, 11) is -2.55. The summed E-state index contributed by atoms with van der Waals surface area (Å²) in [4.78, 5) is 13.2. The van der Waals surface area contributed by atoms with Crippen molar-refractivity contribution < 1.29 is 35.5 Å². The van der Waals surface area contributed by atoms with E-state index in [1.807, 2.05) is 0 Å². The lowest BCUT2D eigenvalue weighted by molar-refractivity contribution is -0.137. The summed E-state index contributed by atoms with van der Waals surface area (Å²) in [5.74, 6) is -0.770. The molecule has 1 saturated heterocycles. The summed E-state index contributed by atoms with van der Waals surface area (Å²) in [6.07, 6.45) is -4.41. The van der Waals surface area contributed by atoms with E-state index < -0.39 is 32.5 Å². The predicted octanol–water partition coefficient (Wildman–Crippen LogP) is 3.68. The maximum absolute atomic E-state index is 13.0. The van der Waals surface area contributed by atoms with Gasteiger partial charge in [-0.3, -0.25) is 4.79 Å². The van der Waals surface area contributed by atoms with Gasteiger partial charge < -0.3 is 9.64 Å². The first-order valence-electron chi connectivity index (χ1n) is 9.79. The van der Waals surface area contributed by atoms with Gasteiger partial charge in [0.2, 0.25) is 10.0 Å². The number of halogens is 4. The van der Waals surface area contributed by atoms with Crippen molar-refractivity contribution in [1.82, 2.24) is 4.31 Å². The van der Waals surface area contributed by atoms with Gasteiger partial charge in [-0.25, -0.2) is 12.8 Å². The third-order valence-electron chi connectivity index (χ3n) is 5.23. The lowest BCUT2D eigenvalue weighted by atomic mass is 10.1. The van der Waals surface area contributed by atoms with Gasteiger partial charge in [0.25, 0.3) is 5.91 Å². The van der Waals surface area contributed by atoms with Crippen LogP contribution in [-0.2, 0) is 25.7 Å². The maximum Gasteiger partial charge on any atom is 0.416 e. The van der Waals surface area contributed by atoms with E-state index in [9.17, 15) is 30.8 Å². The number of amides is 1. The number of sulfonamides is 1. The Bertz CT molecular complexity index is 1050. The number of ether oxygens (including phenoxy) is 1. The number of hydrogen-bond donors (Lipinski definition) is 0. The predicted molar refractivity (Wildman–Crippen MR) is 109 cm³/mol. The lowest BCUT2D eigenvalue weighted by Crippen LogP contribution is -2.42. The van der Waals surface area contributed by atoms with Gasteiger partial charge in [0, 0.05) is 25.8 Å². The number of carbonyl (C=O) groups excluding carboxylic acids is 1. The molecule has 11 heteroatoms. The maximum atomic E-state index is 13.0. The van der Waals surface area contributed by atoms with Gasteiger partial charge in [-0.1, -0.05) is 6.07 Å². The van der Waals surface area contributed by atoms with Gasteiger partial charge in [-0.15, -0.1) is 0 Å². The van der Waals surface area contributed by atoms with E-state index in [0.717, 1.165) is 22.5 Å². The van der Waals surface area contributed by atoms with E-state index in [-0.39, 0.29) is 31.7 Å². The molecule has 1 fully saturated rings. The van der Waals surface area contributed by atoms with Gasteiger partial charge >= 0.3 is 6.18 Å². The normalized spacial score (nSPS) is 16.2. The number of anilines is 1. The van der Waals surface area contributed by atoms with Crippen LogP contribution in [0.15, 0.2) is 53.4 Å². The minimum absolute atomic E-state index is 0.0608. The van der Waals surface area contributed by atoms with Crippen LogP contribution >= 0.6 is 0 Å². The van der Waals surface area contributed by atoms with E-state index in [4.69, 9.17) is 4.74 Å². The highest BCUT2D eigenvalue weighted by molar-refractivity contribution is 7.89.